The monoisotopic (exact) mass is 239 g/mol. The first-order valence-electron chi connectivity index (χ1n) is 6.03. The summed E-state index contributed by atoms with van der Waals surface area (Å²) in [4.78, 5) is 14.3. The highest BCUT2D eigenvalue weighted by Gasteiger charge is 2.14. The fourth-order valence-corrected chi connectivity index (χ4v) is 2.56. The molecule has 0 radical (unpaired) electrons. The number of rotatable bonds is 7. The van der Waals surface area contributed by atoms with Gasteiger partial charge >= 0.3 is 0 Å². The lowest BCUT2D eigenvalue weighted by atomic mass is 10.0. The van der Waals surface area contributed by atoms with Gasteiger partial charge in [0.15, 0.2) is 5.78 Å². The molecule has 0 aromatic carbocycles. The zero-order valence-electron chi connectivity index (χ0n) is 10.2. The van der Waals surface area contributed by atoms with E-state index < -0.39 is 0 Å². The first-order valence-corrected chi connectivity index (χ1v) is 6.84. The summed E-state index contributed by atoms with van der Waals surface area (Å²) in [6.07, 6.45) is 4.51. The average Bonchev–Trinajstić information content (AvgIpc) is 2.73. The Balaban J connectivity index is 2.44. The van der Waals surface area contributed by atoms with Crippen LogP contribution in [0.2, 0.25) is 0 Å². The number of nitrogens with two attached hydrogens (primary N) is 1. The Labute approximate surface area is 102 Å². The van der Waals surface area contributed by atoms with Gasteiger partial charge in [0.1, 0.15) is 0 Å². The van der Waals surface area contributed by atoms with Gasteiger partial charge in [-0.2, -0.15) is 0 Å². The quantitative estimate of drug-likeness (QED) is 0.795. The molecule has 2 nitrogen and oxygen atoms in total. The maximum Gasteiger partial charge on any atom is 0.154 e. The SMILES string of the molecule is CCCCC(N)C(=O)Cc1ccc(CC)s1. The second-order valence-electron chi connectivity index (χ2n) is 4.11. The Morgan fingerprint density at radius 2 is 2.06 bits per heavy atom. The van der Waals surface area contributed by atoms with Crippen molar-refractivity contribution in [3.8, 4) is 0 Å². The normalized spacial score (nSPS) is 12.7. The van der Waals surface area contributed by atoms with Crippen LogP contribution in [0.25, 0.3) is 0 Å². The molecule has 1 aromatic rings. The van der Waals surface area contributed by atoms with Gasteiger partial charge in [-0.3, -0.25) is 4.79 Å². The smallest absolute Gasteiger partial charge is 0.154 e. The number of ketones is 1. The van der Waals surface area contributed by atoms with E-state index in [4.69, 9.17) is 5.73 Å². The van der Waals surface area contributed by atoms with Crippen LogP contribution in [0.3, 0.4) is 0 Å². The van der Waals surface area contributed by atoms with E-state index in [9.17, 15) is 4.79 Å². The van der Waals surface area contributed by atoms with Gasteiger partial charge < -0.3 is 5.73 Å². The van der Waals surface area contributed by atoms with Crippen molar-refractivity contribution in [2.45, 2.75) is 52.0 Å². The minimum atomic E-state index is -0.271. The van der Waals surface area contributed by atoms with E-state index in [0.29, 0.717) is 6.42 Å². The van der Waals surface area contributed by atoms with Gasteiger partial charge in [-0.15, -0.1) is 11.3 Å². The lowest BCUT2D eigenvalue weighted by Gasteiger charge is -2.08. The second kappa shape index (κ2) is 6.81. The molecule has 1 atom stereocenters. The molecule has 16 heavy (non-hydrogen) atoms. The average molecular weight is 239 g/mol. The molecule has 2 N–H and O–H groups in total. The Morgan fingerprint density at radius 3 is 2.62 bits per heavy atom. The minimum Gasteiger partial charge on any atom is -0.321 e. The number of carbonyl (C=O) groups is 1. The third-order valence-electron chi connectivity index (χ3n) is 2.70. The fourth-order valence-electron chi connectivity index (χ4n) is 1.60. The van der Waals surface area contributed by atoms with Gasteiger partial charge in [-0.1, -0.05) is 26.7 Å². The van der Waals surface area contributed by atoms with E-state index in [-0.39, 0.29) is 11.8 Å². The highest BCUT2D eigenvalue weighted by atomic mass is 32.1. The second-order valence-corrected chi connectivity index (χ2v) is 5.37. The molecule has 1 rings (SSSR count). The number of unbranched alkanes of at least 4 members (excludes halogenated alkanes) is 1. The highest BCUT2D eigenvalue weighted by Crippen LogP contribution is 2.18. The molecule has 90 valence electrons. The van der Waals surface area contributed by atoms with Gasteiger partial charge in [-0.05, 0) is 25.0 Å². The summed E-state index contributed by atoms with van der Waals surface area (Å²) in [7, 11) is 0. The van der Waals surface area contributed by atoms with E-state index in [2.05, 4.69) is 19.9 Å². The van der Waals surface area contributed by atoms with Crippen LogP contribution in [0.1, 0.15) is 42.9 Å². The van der Waals surface area contributed by atoms with Crippen molar-refractivity contribution >= 4 is 17.1 Å². The molecular formula is C13H21NOS. The summed E-state index contributed by atoms with van der Waals surface area (Å²) < 4.78 is 0. The number of hydrogen-bond acceptors (Lipinski definition) is 3. The van der Waals surface area contributed by atoms with Crippen molar-refractivity contribution in [2.75, 3.05) is 0 Å². The Kier molecular flexibility index (Phi) is 5.71. The molecule has 1 aromatic heterocycles. The van der Waals surface area contributed by atoms with Crippen LogP contribution in [0.5, 0.6) is 0 Å². The fraction of sp³-hybridized carbons (Fsp3) is 0.615. The standard InChI is InChI=1S/C13H21NOS/c1-3-5-6-12(14)13(15)9-11-8-7-10(4-2)16-11/h7-8,12H,3-6,9,14H2,1-2H3. The first-order chi connectivity index (χ1) is 7.67. The zero-order valence-corrected chi connectivity index (χ0v) is 11.0. The molecule has 0 aliphatic carbocycles. The Morgan fingerprint density at radius 1 is 1.38 bits per heavy atom. The van der Waals surface area contributed by atoms with E-state index in [1.54, 1.807) is 11.3 Å². The Hall–Kier alpha value is -0.670. The molecule has 1 unspecified atom stereocenters. The van der Waals surface area contributed by atoms with Gasteiger partial charge in [0, 0.05) is 16.2 Å². The molecule has 1 heterocycles. The van der Waals surface area contributed by atoms with Crippen molar-refractivity contribution in [2.24, 2.45) is 5.73 Å². The number of Topliss-reactive ketones (excluding diaryl/α,β-unsaturated/α-hetero) is 1. The van der Waals surface area contributed by atoms with Gasteiger partial charge in [0.2, 0.25) is 0 Å². The molecule has 0 bridgehead atoms. The largest absolute Gasteiger partial charge is 0.321 e. The molecule has 0 saturated heterocycles. The van der Waals surface area contributed by atoms with Crippen LogP contribution in [-0.4, -0.2) is 11.8 Å². The topological polar surface area (TPSA) is 43.1 Å². The van der Waals surface area contributed by atoms with Crippen molar-refractivity contribution in [3.05, 3.63) is 21.9 Å². The lowest BCUT2D eigenvalue weighted by Crippen LogP contribution is -2.31. The summed E-state index contributed by atoms with van der Waals surface area (Å²) in [6.45, 7) is 4.24. The molecule has 0 fully saturated rings. The van der Waals surface area contributed by atoms with E-state index in [0.717, 1.165) is 30.6 Å². The summed E-state index contributed by atoms with van der Waals surface area (Å²) in [5.41, 5.74) is 5.85. The van der Waals surface area contributed by atoms with Crippen LogP contribution in [-0.2, 0) is 17.6 Å². The van der Waals surface area contributed by atoms with E-state index >= 15 is 0 Å². The Bertz CT molecular complexity index is 332. The lowest BCUT2D eigenvalue weighted by molar-refractivity contribution is -0.119. The zero-order chi connectivity index (χ0) is 12.0. The third-order valence-corrected chi connectivity index (χ3v) is 3.93. The number of thiophene rings is 1. The first kappa shape index (κ1) is 13.4. The van der Waals surface area contributed by atoms with Gasteiger partial charge in [0.05, 0.1) is 6.04 Å². The highest BCUT2D eigenvalue weighted by molar-refractivity contribution is 7.12. The summed E-state index contributed by atoms with van der Waals surface area (Å²) in [5.74, 6) is 0.179. The van der Waals surface area contributed by atoms with Gasteiger partial charge in [-0.25, -0.2) is 0 Å². The van der Waals surface area contributed by atoms with Crippen LogP contribution in [0, 0.1) is 0 Å². The van der Waals surface area contributed by atoms with Crippen LogP contribution >= 0.6 is 11.3 Å². The molecule has 3 heteroatoms. The minimum absolute atomic E-state index is 0.179. The van der Waals surface area contributed by atoms with Crippen molar-refractivity contribution in [1.82, 2.24) is 0 Å². The summed E-state index contributed by atoms with van der Waals surface area (Å²) in [6, 6.07) is 3.88. The predicted octanol–water partition coefficient (Wildman–Crippen LogP) is 2.94. The molecular weight excluding hydrogens is 218 g/mol. The van der Waals surface area contributed by atoms with Crippen LogP contribution < -0.4 is 5.73 Å². The third kappa shape index (κ3) is 4.06. The maximum absolute atomic E-state index is 11.8. The molecule has 0 amide bonds. The summed E-state index contributed by atoms with van der Waals surface area (Å²) in [5, 5.41) is 0. The molecule has 0 saturated carbocycles. The van der Waals surface area contributed by atoms with Gasteiger partial charge in [0.25, 0.3) is 0 Å². The predicted molar refractivity (Wildman–Crippen MR) is 69.9 cm³/mol. The number of aryl methyl sites for hydroxylation is 1. The number of hydrogen-bond donors (Lipinski definition) is 1. The van der Waals surface area contributed by atoms with Crippen molar-refractivity contribution < 1.29 is 4.79 Å². The number of carbonyl (C=O) groups excluding carboxylic acids is 1. The van der Waals surface area contributed by atoms with Crippen LogP contribution in [0.15, 0.2) is 12.1 Å². The van der Waals surface area contributed by atoms with Crippen molar-refractivity contribution in [3.63, 3.8) is 0 Å². The van der Waals surface area contributed by atoms with E-state index in [1.807, 2.05) is 6.07 Å². The van der Waals surface area contributed by atoms with E-state index in [1.165, 1.54) is 4.88 Å². The van der Waals surface area contributed by atoms with Crippen LogP contribution in [0.4, 0.5) is 0 Å². The molecule has 0 spiro atoms. The maximum atomic E-state index is 11.8. The molecule has 0 aliphatic heterocycles. The van der Waals surface area contributed by atoms with Crippen molar-refractivity contribution in [1.29, 1.82) is 0 Å². The molecule has 0 aliphatic rings. The summed E-state index contributed by atoms with van der Waals surface area (Å²) >= 11 is 1.73.